The predicted molar refractivity (Wildman–Crippen MR) is 95.4 cm³/mol. The summed E-state index contributed by atoms with van der Waals surface area (Å²) in [5, 5.41) is 12.6. The summed E-state index contributed by atoms with van der Waals surface area (Å²) in [6, 6.07) is 7.31. The van der Waals surface area contributed by atoms with Gasteiger partial charge in [0.2, 0.25) is 11.0 Å². The van der Waals surface area contributed by atoms with Gasteiger partial charge in [-0.05, 0) is 12.1 Å². The monoisotopic (exact) mass is 376 g/mol. The Bertz CT molecular complexity index is 863. The molecule has 2 aromatic heterocycles. The molecule has 138 valence electrons. The Hall–Kier alpha value is -2.75. The molecule has 0 unspecified atom stereocenters. The topological polar surface area (TPSA) is 114 Å². The van der Waals surface area contributed by atoms with E-state index < -0.39 is 0 Å². The first-order chi connectivity index (χ1) is 12.6. The van der Waals surface area contributed by atoms with Crippen molar-refractivity contribution in [1.82, 2.24) is 25.0 Å². The van der Waals surface area contributed by atoms with Crippen molar-refractivity contribution in [2.45, 2.75) is 37.3 Å². The molecule has 0 saturated heterocycles. The van der Waals surface area contributed by atoms with Crippen LogP contribution in [0.15, 0.2) is 33.9 Å². The van der Waals surface area contributed by atoms with E-state index in [2.05, 4.69) is 20.3 Å². The lowest BCUT2D eigenvalue weighted by atomic mass is 10.2. The standard InChI is InChI=1S/C16H20N6O3S/c1-10(2)15-18-14(25-21-15)9-26-16-20-19-13(22(16)17)8-24-12-6-4-5-11(7-12)23-3/h4-7,10H,8-9,17H2,1-3H3. The average Bonchev–Trinajstić information content (AvgIpc) is 3.25. The van der Waals surface area contributed by atoms with E-state index in [1.165, 1.54) is 16.4 Å². The fourth-order valence-corrected chi connectivity index (χ4v) is 2.74. The smallest absolute Gasteiger partial charge is 0.237 e. The maximum Gasteiger partial charge on any atom is 0.237 e. The van der Waals surface area contributed by atoms with E-state index in [4.69, 9.17) is 19.8 Å². The van der Waals surface area contributed by atoms with Gasteiger partial charge in [0.1, 0.15) is 18.1 Å². The molecule has 0 amide bonds. The molecule has 0 bridgehead atoms. The Kier molecular flexibility index (Phi) is 5.61. The third-order valence-corrected chi connectivity index (χ3v) is 4.40. The molecule has 0 aliphatic rings. The quantitative estimate of drug-likeness (QED) is 0.467. The van der Waals surface area contributed by atoms with E-state index in [0.717, 1.165) is 0 Å². The minimum Gasteiger partial charge on any atom is -0.497 e. The molecule has 9 nitrogen and oxygen atoms in total. The van der Waals surface area contributed by atoms with Crippen LogP contribution in [0.25, 0.3) is 0 Å². The van der Waals surface area contributed by atoms with Crippen LogP contribution in [0, 0.1) is 0 Å². The van der Waals surface area contributed by atoms with Crippen molar-refractivity contribution in [1.29, 1.82) is 0 Å². The zero-order valence-corrected chi connectivity index (χ0v) is 15.6. The van der Waals surface area contributed by atoms with Crippen molar-refractivity contribution in [2.24, 2.45) is 0 Å². The number of ether oxygens (including phenoxy) is 2. The van der Waals surface area contributed by atoms with Gasteiger partial charge in [0.05, 0.1) is 12.9 Å². The summed E-state index contributed by atoms with van der Waals surface area (Å²) in [7, 11) is 1.60. The van der Waals surface area contributed by atoms with Gasteiger partial charge in [-0.2, -0.15) is 4.98 Å². The normalized spacial score (nSPS) is 11.1. The van der Waals surface area contributed by atoms with Crippen LogP contribution in [0.2, 0.25) is 0 Å². The molecule has 0 aliphatic heterocycles. The van der Waals surface area contributed by atoms with Crippen LogP contribution in [0.3, 0.4) is 0 Å². The number of methoxy groups -OCH3 is 1. The lowest BCUT2D eigenvalue weighted by Gasteiger charge is -2.07. The number of thioether (sulfide) groups is 1. The maximum absolute atomic E-state index is 6.04. The second-order valence-corrected chi connectivity index (χ2v) is 6.67. The zero-order valence-electron chi connectivity index (χ0n) is 14.7. The number of nitrogens with zero attached hydrogens (tertiary/aromatic N) is 5. The van der Waals surface area contributed by atoms with Crippen LogP contribution in [-0.4, -0.2) is 32.1 Å². The number of rotatable bonds is 8. The molecule has 3 rings (SSSR count). The van der Waals surface area contributed by atoms with Crippen molar-refractivity contribution in [3.05, 3.63) is 41.8 Å². The molecule has 1 aromatic carbocycles. The number of hydrogen-bond donors (Lipinski definition) is 1. The lowest BCUT2D eigenvalue weighted by molar-refractivity contribution is 0.289. The van der Waals surface area contributed by atoms with E-state index in [0.29, 0.717) is 39.9 Å². The summed E-state index contributed by atoms with van der Waals surface area (Å²) in [6.07, 6.45) is 0. The molecule has 0 atom stereocenters. The van der Waals surface area contributed by atoms with Gasteiger partial charge in [-0.25, -0.2) is 4.68 Å². The van der Waals surface area contributed by atoms with Gasteiger partial charge < -0.3 is 19.8 Å². The Morgan fingerprint density at radius 2 is 2.08 bits per heavy atom. The Morgan fingerprint density at radius 1 is 1.27 bits per heavy atom. The zero-order chi connectivity index (χ0) is 18.5. The third kappa shape index (κ3) is 4.26. The van der Waals surface area contributed by atoms with Crippen LogP contribution in [0.5, 0.6) is 11.5 Å². The highest BCUT2D eigenvalue weighted by atomic mass is 32.2. The summed E-state index contributed by atoms with van der Waals surface area (Å²) < 4.78 is 17.4. The Morgan fingerprint density at radius 3 is 2.81 bits per heavy atom. The summed E-state index contributed by atoms with van der Waals surface area (Å²) in [5.41, 5.74) is 0. The first-order valence-electron chi connectivity index (χ1n) is 7.98. The van der Waals surface area contributed by atoms with Crippen LogP contribution < -0.4 is 15.3 Å². The first kappa shape index (κ1) is 18.1. The Labute approximate surface area is 154 Å². The first-order valence-corrected chi connectivity index (χ1v) is 8.97. The minimum atomic E-state index is 0.190. The number of aromatic nitrogens is 5. The molecule has 3 aromatic rings. The van der Waals surface area contributed by atoms with E-state index >= 15 is 0 Å². The van der Waals surface area contributed by atoms with Gasteiger partial charge >= 0.3 is 0 Å². The van der Waals surface area contributed by atoms with Crippen molar-refractivity contribution in [3.63, 3.8) is 0 Å². The second-order valence-electron chi connectivity index (χ2n) is 5.73. The third-order valence-electron chi connectivity index (χ3n) is 3.47. The van der Waals surface area contributed by atoms with E-state index in [-0.39, 0.29) is 12.5 Å². The SMILES string of the molecule is COc1cccc(OCc2nnc(SCc3nc(C(C)C)no3)n2N)c1. The number of nitrogens with two attached hydrogens (primary N) is 1. The van der Waals surface area contributed by atoms with Gasteiger partial charge in [-0.3, -0.25) is 0 Å². The van der Waals surface area contributed by atoms with Crippen molar-refractivity contribution in [3.8, 4) is 11.5 Å². The largest absolute Gasteiger partial charge is 0.497 e. The summed E-state index contributed by atoms with van der Waals surface area (Å²) in [5.74, 6) is 9.81. The van der Waals surface area contributed by atoms with Crippen LogP contribution >= 0.6 is 11.8 Å². The minimum absolute atomic E-state index is 0.190. The summed E-state index contributed by atoms with van der Waals surface area (Å²) in [6.45, 7) is 4.20. The van der Waals surface area contributed by atoms with Crippen LogP contribution in [0.4, 0.5) is 0 Å². The second kappa shape index (κ2) is 8.09. The molecule has 2 N–H and O–H groups in total. The number of benzene rings is 1. The van der Waals surface area contributed by atoms with E-state index in [1.54, 1.807) is 13.2 Å². The molecule has 0 fully saturated rings. The Balaban J connectivity index is 1.58. The van der Waals surface area contributed by atoms with Gasteiger partial charge in [0.25, 0.3) is 0 Å². The molecule has 0 saturated carbocycles. The highest BCUT2D eigenvalue weighted by Gasteiger charge is 2.14. The molecular formula is C16H20N6O3S. The number of hydrogen-bond acceptors (Lipinski definition) is 9. The van der Waals surface area contributed by atoms with Gasteiger partial charge in [0, 0.05) is 12.0 Å². The highest BCUT2D eigenvalue weighted by molar-refractivity contribution is 7.98. The van der Waals surface area contributed by atoms with Crippen molar-refractivity contribution in [2.75, 3.05) is 13.0 Å². The van der Waals surface area contributed by atoms with Gasteiger partial charge in [-0.1, -0.05) is 36.8 Å². The number of nitrogen functional groups attached to an aromatic ring is 1. The molecule has 0 spiro atoms. The summed E-state index contributed by atoms with van der Waals surface area (Å²) >= 11 is 1.37. The van der Waals surface area contributed by atoms with Gasteiger partial charge in [-0.15, -0.1) is 10.2 Å². The van der Waals surface area contributed by atoms with Crippen molar-refractivity contribution < 1.29 is 14.0 Å². The fraction of sp³-hybridized carbons (Fsp3) is 0.375. The maximum atomic E-state index is 6.04. The predicted octanol–water partition coefficient (Wildman–Crippen LogP) is 2.38. The lowest BCUT2D eigenvalue weighted by Crippen LogP contribution is -2.15. The van der Waals surface area contributed by atoms with E-state index in [9.17, 15) is 0 Å². The molecular weight excluding hydrogens is 356 g/mol. The van der Waals surface area contributed by atoms with Crippen molar-refractivity contribution >= 4 is 11.8 Å². The molecule has 10 heteroatoms. The van der Waals surface area contributed by atoms with Gasteiger partial charge in [0.15, 0.2) is 11.6 Å². The molecule has 2 heterocycles. The summed E-state index contributed by atoms with van der Waals surface area (Å²) in [4.78, 5) is 4.32. The molecule has 26 heavy (non-hydrogen) atoms. The van der Waals surface area contributed by atoms with Crippen LogP contribution in [0.1, 0.15) is 37.3 Å². The fourth-order valence-electron chi connectivity index (χ4n) is 2.03. The van der Waals surface area contributed by atoms with Crippen LogP contribution in [-0.2, 0) is 12.4 Å². The average molecular weight is 376 g/mol. The van der Waals surface area contributed by atoms with E-state index in [1.807, 2.05) is 32.0 Å². The molecule has 0 aliphatic carbocycles. The highest BCUT2D eigenvalue weighted by Crippen LogP contribution is 2.22. The molecule has 0 radical (unpaired) electrons.